The maximum atomic E-state index is 12.8. The smallest absolute Gasteiger partial charge is 0.224 e. The van der Waals surface area contributed by atoms with E-state index in [1.54, 1.807) is 0 Å². The molecule has 2 heterocycles. The Morgan fingerprint density at radius 2 is 1.56 bits per heavy atom. The van der Waals surface area contributed by atoms with Gasteiger partial charge in [-0.2, -0.15) is 5.10 Å². The number of thioether (sulfide) groups is 1. The lowest BCUT2D eigenvalue weighted by Crippen LogP contribution is -1.93. The van der Waals surface area contributed by atoms with Gasteiger partial charge in [-0.1, -0.05) is 66.7 Å². The molecule has 2 aromatic carbocycles. The molecule has 0 saturated carbocycles. The molecule has 0 aliphatic rings. The van der Waals surface area contributed by atoms with Crippen LogP contribution in [0.3, 0.4) is 0 Å². The second kappa shape index (κ2) is 6.57. The van der Waals surface area contributed by atoms with Crippen molar-refractivity contribution in [2.75, 3.05) is 0 Å². The van der Waals surface area contributed by atoms with Gasteiger partial charge in [0, 0.05) is 16.8 Å². The lowest BCUT2D eigenvalue weighted by molar-refractivity contribution is 0.108. The van der Waals surface area contributed by atoms with E-state index < -0.39 is 0 Å². The predicted molar refractivity (Wildman–Crippen MR) is 102 cm³/mol. The Kier molecular flexibility index (Phi) is 4.12. The van der Waals surface area contributed by atoms with E-state index >= 15 is 0 Å². The fourth-order valence-corrected chi connectivity index (χ4v) is 3.75. The Morgan fingerprint density at radius 1 is 0.880 bits per heavy atom. The van der Waals surface area contributed by atoms with Crippen molar-refractivity contribution in [1.82, 2.24) is 9.61 Å². The number of rotatable bonds is 3. The molecule has 0 amide bonds. The summed E-state index contributed by atoms with van der Waals surface area (Å²) in [4.78, 5) is 13.6. The topological polar surface area (TPSA) is 34.4 Å². The van der Waals surface area contributed by atoms with Crippen LogP contribution in [0.2, 0.25) is 0 Å². The molecule has 2 aromatic heterocycles. The van der Waals surface area contributed by atoms with Crippen LogP contribution in [0, 0.1) is 6.92 Å². The third kappa shape index (κ3) is 2.96. The summed E-state index contributed by atoms with van der Waals surface area (Å²) in [6.07, 6.45) is 0. The predicted octanol–water partition coefficient (Wildman–Crippen LogP) is 5.24. The van der Waals surface area contributed by atoms with Gasteiger partial charge in [-0.05, 0) is 30.8 Å². The van der Waals surface area contributed by atoms with Crippen molar-refractivity contribution in [3.05, 3.63) is 90.1 Å². The Labute approximate surface area is 150 Å². The van der Waals surface area contributed by atoms with Crippen molar-refractivity contribution >= 4 is 22.4 Å². The number of benzene rings is 2. The SMILES string of the molecule is Cc1cccc2c(SC(=O)c3ccccc3)c(-c3ccccc3)nn12. The fraction of sp³-hybridized carbons (Fsp3) is 0.0476. The van der Waals surface area contributed by atoms with Crippen LogP contribution in [0.25, 0.3) is 16.8 Å². The van der Waals surface area contributed by atoms with Crippen LogP contribution < -0.4 is 0 Å². The lowest BCUT2D eigenvalue weighted by atomic mass is 10.1. The standard InChI is InChI=1S/C21H16N2OS/c1-15-9-8-14-18-20(25-21(24)17-12-6-3-7-13-17)19(22-23(15)18)16-10-4-2-5-11-16/h2-14H,1H3. The number of carbonyl (C=O) groups is 1. The monoisotopic (exact) mass is 344 g/mol. The maximum absolute atomic E-state index is 12.8. The largest absolute Gasteiger partial charge is 0.281 e. The van der Waals surface area contributed by atoms with Crippen LogP contribution in [0.1, 0.15) is 16.1 Å². The summed E-state index contributed by atoms with van der Waals surface area (Å²) >= 11 is 1.24. The zero-order chi connectivity index (χ0) is 17.2. The zero-order valence-corrected chi connectivity index (χ0v) is 14.5. The van der Waals surface area contributed by atoms with Crippen LogP contribution in [0.15, 0.2) is 83.8 Å². The number of aryl methyl sites for hydroxylation is 1. The molecule has 0 fully saturated rings. The van der Waals surface area contributed by atoms with E-state index in [-0.39, 0.29) is 5.12 Å². The van der Waals surface area contributed by atoms with Crippen molar-refractivity contribution in [2.24, 2.45) is 0 Å². The highest BCUT2D eigenvalue weighted by molar-refractivity contribution is 8.14. The summed E-state index contributed by atoms with van der Waals surface area (Å²) in [5.74, 6) is 0. The van der Waals surface area contributed by atoms with E-state index in [9.17, 15) is 4.79 Å². The van der Waals surface area contributed by atoms with Gasteiger partial charge in [0.15, 0.2) is 0 Å². The number of nitrogens with zero attached hydrogens (tertiary/aromatic N) is 2. The number of fused-ring (bicyclic) bond motifs is 1. The van der Waals surface area contributed by atoms with Gasteiger partial charge in [-0.3, -0.25) is 4.79 Å². The second-order valence-electron chi connectivity index (χ2n) is 5.76. The van der Waals surface area contributed by atoms with E-state index in [1.807, 2.05) is 90.3 Å². The van der Waals surface area contributed by atoms with Crippen molar-refractivity contribution in [2.45, 2.75) is 11.8 Å². The first-order chi connectivity index (χ1) is 12.2. The van der Waals surface area contributed by atoms with Gasteiger partial charge >= 0.3 is 0 Å². The van der Waals surface area contributed by atoms with Crippen LogP contribution in [0.5, 0.6) is 0 Å². The van der Waals surface area contributed by atoms with E-state index in [2.05, 4.69) is 0 Å². The molecule has 122 valence electrons. The summed E-state index contributed by atoms with van der Waals surface area (Å²) in [7, 11) is 0. The Hall–Kier alpha value is -2.85. The number of pyridine rings is 1. The summed E-state index contributed by atoms with van der Waals surface area (Å²) < 4.78 is 1.91. The molecule has 4 aromatic rings. The maximum Gasteiger partial charge on any atom is 0.224 e. The molecule has 3 nitrogen and oxygen atoms in total. The summed E-state index contributed by atoms with van der Waals surface area (Å²) in [6.45, 7) is 2.02. The van der Waals surface area contributed by atoms with Gasteiger partial charge in [0.25, 0.3) is 0 Å². The summed E-state index contributed by atoms with van der Waals surface area (Å²) in [6, 6.07) is 25.4. The first kappa shape index (κ1) is 15.7. The third-order valence-electron chi connectivity index (χ3n) is 4.05. The van der Waals surface area contributed by atoms with Crippen molar-refractivity contribution in [3.8, 4) is 11.3 Å². The van der Waals surface area contributed by atoms with Gasteiger partial charge in [0.2, 0.25) is 5.12 Å². The molecule has 0 unspecified atom stereocenters. The highest BCUT2D eigenvalue weighted by atomic mass is 32.2. The van der Waals surface area contributed by atoms with Gasteiger partial charge in [-0.15, -0.1) is 0 Å². The number of carbonyl (C=O) groups excluding carboxylic acids is 1. The summed E-state index contributed by atoms with van der Waals surface area (Å²) in [5.41, 5.74) is 4.53. The van der Waals surface area contributed by atoms with Crippen molar-refractivity contribution in [1.29, 1.82) is 0 Å². The first-order valence-electron chi connectivity index (χ1n) is 8.05. The summed E-state index contributed by atoms with van der Waals surface area (Å²) in [5, 5.41) is 4.80. The molecule has 4 heteroatoms. The Bertz CT molecular complexity index is 1040. The molecule has 0 saturated heterocycles. The Balaban J connectivity index is 1.86. The van der Waals surface area contributed by atoms with Gasteiger partial charge in [0.05, 0.1) is 10.4 Å². The first-order valence-corrected chi connectivity index (χ1v) is 8.87. The van der Waals surface area contributed by atoms with Crippen LogP contribution >= 0.6 is 11.8 Å². The van der Waals surface area contributed by atoms with Gasteiger partial charge in [-0.25, -0.2) is 4.52 Å². The van der Waals surface area contributed by atoms with Crippen LogP contribution in [-0.4, -0.2) is 14.7 Å². The average Bonchev–Trinajstić information content (AvgIpc) is 3.03. The molecule has 0 N–H and O–H groups in total. The minimum Gasteiger partial charge on any atom is -0.281 e. The van der Waals surface area contributed by atoms with Crippen molar-refractivity contribution in [3.63, 3.8) is 0 Å². The minimum atomic E-state index is 0.0224. The quantitative estimate of drug-likeness (QED) is 0.477. The van der Waals surface area contributed by atoms with E-state index in [0.29, 0.717) is 5.56 Å². The fourth-order valence-electron chi connectivity index (χ4n) is 2.79. The molecule has 0 aliphatic carbocycles. The van der Waals surface area contributed by atoms with E-state index in [0.717, 1.165) is 27.4 Å². The number of aromatic nitrogens is 2. The molecular formula is C21H16N2OS. The van der Waals surface area contributed by atoms with Gasteiger partial charge in [0.1, 0.15) is 5.69 Å². The lowest BCUT2D eigenvalue weighted by Gasteiger charge is -2.03. The third-order valence-corrected chi connectivity index (χ3v) is 5.08. The molecule has 0 atom stereocenters. The highest BCUT2D eigenvalue weighted by Gasteiger charge is 2.19. The van der Waals surface area contributed by atoms with Crippen LogP contribution in [-0.2, 0) is 0 Å². The second-order valence-corrected chi connectivity index (χ2v) is 6.75. The molecule has 0 radical (unpaired) electrons. The highest BCUT2D eigenvalue weighted by Crippen LogP contribution is 2.36. The molecule has 0 aliphatic heterocycles. The molecule has 25 heavy (non-hydrogen) atoms. The van der Waals surface area contributed by atoms with Gasteiger partial charge < -0.3 is 0 Å². The molecular weight excluding hydrogens is 328 g/mol. The van der Waals surface area contributed by atoms with Crippen LogP contribution in [0.4, 0.5) is 0 Å². The minimum absolute atomic E-state index is 0.0224. The molecule has 0 spiro atoms. The normalized spacial score (nSPS) is 10.9. The molecule has 0 bridgehead atoms. The number of hydrogen-bond acceptors (Lipinski definition) is 3. The number of hydrogen-bond donors (Lipinski definition) is 0. The molecule has 4 rings (SSSR count). The Morgan fingerprint density at radius 3 is 2.28 bits per heavy atom. The van der Waals surface area contributed by atoms with E-state index in [1.165, 1.54) is 11.8 Å². The average molecular weight is 344 g/mol. The van der Waals surface area contributed by atoms with Crippen molar-refractivity contribution < 1.29 is 4.79 Å². The zero-order valence-electron chi connectivity index (χ0n) is 13.7. The van der Waals surface area contributed by atoms with E-state index in [4.69, 9.17) is 5.10 Å².